The fourth-order valence-corrected chi connectivity index (χ4v) is 0.530. The molecule has 0 radical (unpaired) electrons. The molecule has 3 nitrogen and oxygen atoms in total. The van der Waals surface area contributed by atoms with Crippen LogP contribution in [0.25, 0.3) is 0 Å². The van der Waals surface area contributed by atoms with Gasteiger partial charge in [0.25, 0.3) is 0 Å². The van der Waals surface area contributed by atoms with Gasteiger partial charge in [-0.3, -0.25) is 0 Å². The van der Waals surface area contributed by atoms with E-state index in [4.69, 9.17) is 0 Å². The Morgan fingerprint density at radius 2 is 1.78 bits per heavy atom. The van der Waals surface area contributed by atoms with E-state index < -0.39 is 14.9 Å². The second kappa shape index (κ2) is 2.27. The van der Waals surface area contributed by atoms with Crippen molar-refractivity contribution in [1.82, 2.24) is 0 Å². The van der Waals surface area contributed by atoms with Gasteiger partial charge in [-0.1, -0.05) is 6.92 Å². The fraction of sp³-hybridized carbons (Fsp3) is 1.00. The van der Waals surface area contributed by atoms with Gasteiger partial charge >= 0.3 is 0 Å². The Morgan fingerprint density at radius 1 is 1.44 bits per heavy atom. The zero-order chi connectivity index (χ0) is 7.71. The highest BCUT2D eigenvalue weighted by molar-refractivity contribution is 7.87. The van der Waals surface area contributed by atoms with Crippen LogP contribution in [0.4, 0.5) is 0 Å². The van der Waals surface area contributed by atoms with Crippen LogP contribution >= 0.6 is 0 Å². The lowest BCUT2D eigenvalue weighted by Crippen LogP contribution is -2.30. The fourth-order valence-electron chi connectivity index (χ4n) is 0.177. The summed E-state index contributed by atoms with van der Waals surface area (Å²) in [6, 6.07) is 0. The van der Waals surface area contributed by atoms with Crippen LogP contribution in [0.2, 0.25) is 0 Å². The van der Waals surface area contributed by atoms with E-state index in [-0.39, 0.29) is 0 Å². The Morgan fingerprint density at radius 3 is 1.78 bits per heavy atom. The molecular weight excluding hydrogens is 140 g/mol. The quantitative estimate of drug-likeness (QED) is 0.546. The zero-order valence-corrected chi connectivity index (χ0v) is 6.66. The summed E-state index contributed by atoms with van der Waals surface area (Å²) in [6.45, 7) is 4.53. The molecule has 0 saturated heterocycles. The first-order chi connectivity index (χ1) is 3.81. The molecule has 4 heteroatoms. The van der Waals surface area contributed by atoms with Gasteiger partial charge in [0.05, 0.1) is 14.9 Å². The van der Waals surface area contributed by atoms with Crippen LogP contribution in [0.3, 0.4) is 0 Å². The highest BCUT2D eigenvalue weighted by Gasteiger charge is 2.22. The SMILES string of the molecule is CCC(C)(C)S(=O)(=O)[O-]. The van der Waals surface area contributed by atoms with E-state index in [0.29, 0.717) is 6.42 Å². The lowest BCUT2D eigenvalue weighted by Gasteiger charge is -2.25. The van der Waals surface area contributed by atoms with Crippen molar-refractivity contribution in [1.29, 1.82) is 0 Å². The molecule has 0 spiro atoms. The summed E-state index contributed by atoms with van der Waals surface area (Å²) >= 11 is 0. The van der Waals surface area contributed by atoms with E-state index >= 15 is 0 Å². The predicted molar refractivity (Wildman–Crippen MR) is 34.1 cm³/mol. The van der Waals surface area contributed by atoms with Crippen molar-refractivity contribution in [3.05, 3.63) is 0 Å². The summed E-state index contributed by atoms with van der Waals surface area (Å²) < 4.78 is 29.9. The van der Waals surface area contributed by atoms with Crippen molar-refractivity contribution in [2.45, 2.75) is 31.9 Å². The minimum Gasteiger partial charge on any atom is -0.748 e. The Labute approximate surface area is 55.8 Å². The Hall–Kier alpha value is -0.0900. The van der Waals surface area contributed by atoms with Crippen LogP contribution in [0.5, 0.6) is 0 Å². The van der Waals surface area contributed by atoms with Gasteiger partial charge in [0, 0.05) is 0 Å². The van der Waals surface area contributed by atoms with Gasteiger partial charge in [0.15, 0.2) is 0 Å². The molecule has 0 aliphatic rings. The average molecular weight is 151 g/mol. The number of hydrogen-bond acceptors (Lipinski definition) is 3. The summed E-state index contributed by atoms with van der Waals surface area (Å²) in [5, 5.41) is 0. The topological polar surface area (TPSA) is 57.2 Å². The molecule has 0 rings (SSSR count). The maximum Gasteiger partial charge on any atom is 0.0999 e. The number of hydrogen-bond donors (Lipinski definition) is 0. The van der Waals surface area contributed by atoms with Gasteiger partial charge in [-0.25, -0.2) is 8.42 Å². The van der Waals surface area contributed by atoms with Crippen molar-refractivity contribution in [3.63, 3.8) is 0 Å². The van der Waals surface area contributed by atoms with Gasteiger partial charge in [0.1, 0.15) is 0 Å². The Bertz CT molecular complexity index is 178. The van der Waals surface area contributed by atoms with E-state index in [1.54, 1.807) is 6.92 Å². The van der Waals surface area contributed by atoms with Crippen LogP contribution in [0, 0.1) is 0 Å². The molecule has 0 fully saturated rings. The van der Waals surface area contributed by atoms with E-state index in [9.17, 15) is 13.0 Å². The summed E-state index contributed by atoms with van der Waals surface area (Å²) in [5.74, 6) is 0. The number of rotatable bonds is 2. The smallest absolute Gasteiger partial charge is 0.0999 e. The maximum absolute atomic E-state index is 10.3. The molecule has 0 aliphatic carbocycles. The monoisotopic (exact) mass is 151 g/mol. The molecule has 9 heavy (non-hydrogen) atoms. The van der Waals surface area contributed by atoms with Crippen molar-refractivity contribution in [3.8, 4) is 0 Å². The molecule has 0 bridgehead atoms. The third-order valence-electron chi connectivity index (χ3n) is 1.53. The second-order valence-corrected chi connectivity index (χ2v) is 4.58. The Kier molecular flexibility index (Phi) is 2.24. The van der Waals surface area contributed by atoms with Crippen LogP contribution in [-0.4, -0.2) is 17.7 Å². The molecule has 0 aromatic carbocycles. The molecule has 0 unspecified atom stereocenters. The molecule has 0 aromatic rings. The first-order valence-electron chi connectivity index (χ1n) is 2.76. The highest BCUT2D eigenvalue weighted by atomic mass is 32.2. The van der Waals surface area contributed by atoms with Crippen molar-refractivity contribution in [2.75, 3.05) is 0 Å². The van der Waals surface area contributed by atoms with Gasteiger partial charge < -0.3 is 4.55 Å². The zero-order valence-electron chi connectivity index (χ0n) is 5.84. The van der Waals surface area contributed by atoms with Crippen LogP contribution < -0.4 is 0 Å². The lowest BCUT2D eigenvalue weighted by molar-refractivity contribution is 0.420. The minimum absolute atomic E-state index is 0.360. The van der Waals surface area contributed by atoms with Gasteiger partial charge in [-0.05, 0) is 20.3 Å². The highest BCUT2D eigenvalue weighted by Crippen LogP contribution is 2.17. The molecule has 0 saturated carbocycles. The lowest BCUT2D eigenvalue weighted by atomic mass is 10.1. The van der Waals surface area contributed by atoms with E-state index in [1.165, 1.54) is 13.8 Å². The maximum atomic E-state index is 10.3. The Balaban J connectivity index is 4.56. The molecule has 0 N–H and O–H groups in total. The third-order valence-corrected chi connectivity index (χ3v) is 3.17. The molecule has 0 heterocycles. The summed E-state index contributed by atoms with van der Waals surface area (Å²) in [4.78, 5) is 0. The molecule has 0 aliphatic heterocycles. The second-order valence-electron chi connectivity index (χ2n) is 2.57. The van der Waals surface area contributed by atoms with E-state index in [0.717, 1.165) is 0 Å². The summed E-state index contributed by atoms with van der Waals surface area (Å²) in [7, 11) is -4.10. The first-order valence-corrected chi connectivity index (χ1v) is 4.17. The van der Waals surface area contributed by atoms with Crippen LogP contribution in [0.15, 0.2) is 0 Å². The van der Waals surface area contributed by atoms with Crippen molar-refractivity contribution in [2.24, 2.45) is 0 Å². The standard InChI is InChI=1S/C5H12O3S/c1-4-5(2,3)9(6,7)8/h4H2,1-3H3,(H,6,7,8)/p-1. The van der Waals surface area contributed by atoms with Gasteiger partial charge in [-0.2, -0.15) is 0 Å². The van der Waals surface area contributed by atoms with Crippen molar-refractivity contribution >= 4 is 10.1 Å². The van der Waals surface area contributed by atoms with Crippen LogP contribution in [-0.2, 0) is 10.1 Å². The summed E-state index contributed by atoms with van der Waals surface area (Å²) in [5.41, 5.74) is 0. The molecular formula is C5H11O3S-. The normalized spacial score (nSPS) is 13.8. The largest absolute Gasteiger partial charge is 0.748 e. The molecule has 0 atom stereocenters. The van der Waals surface area contributed by atoms with Crippen LogP contribution in [0.1, 0.15) is 27.2 Å². The first kappa shape index (κ1) is 8.91. The third kappa shape index (κ3) is 1.95. The molecule has 56 valence electrons. The predicted octanol–water partition coefficient (Wildman–Crippen LogP) is 0.720. The molecule has 0 amide bonds. The molecule has 0 aromatic heterocycles. The van der Waals surface area contributed by atoms with Gasteiger partial charge in [-0.15, -0.1) is 0 Å². The van der Waals surface area contributed by atoms with Crippen molar-refractivity contribution < 1.29 is 13.0 Å². The van der Waals surface area contributed by atoms with E-state index in [2.05, 4.69) is 0 Å². The minimum atomic E-state index is -4.10. The summed E-state index contributed by atoms with van der Waals surface area (Å²) in [6.07, 6.45) is 0.360. The van der Waals surface area contributed by atoms with E-state index in [1.807, 2.05) is 0 Å². The average Bonchev–Trinajstić information content (AvgIpc) is 1.64. The van der Waals surface area contributed by atoms with Gasteiger partial charge in [0.2, 0.25) is 0 Å².